The molecule has 0 amide bonds. The average molecular weight is 248 g/mol. The first-order chi connectivity index (χ1) is 7.77. The summed E-state index contributed by atoms with van der Waals surface area (Å²) in [6.07, 6.45) is 0. The van der Waals surface area contributed by atoms with E-state index in [1.165, 1.54) is 6.92 Å². The van der Waals surface area contributed by atoms with Gasteiger partial charge in [-0.1, -0.05) is 6.58 Å². The Kier molecular flexibility index (Phi) is 3.55. The van der Waals surface area contributed by atoms with Gasteiger partial charge >= 0.3 is 5.97 Å². The second-order valence-electron chi connectivity index (χ2n) is 3.38. The number of halogens is 4. The summed E-state index contributed by atoms with van der Waals surface area (Å²) in [6.45, 7) is 5.44. The van der Waals surface area contributed by atoms with Crippen LogP contribution in [-0.2, 0) is 4.79 Å². The molecule has 2 nitrogen and oxygen atoms in total. The highest BCUT2D eigenvalue weighted by atomic mass is 19.2. The van der Waals surface area contributed by atoms with Crippen molar-refractivity contribution >= 4 is 5.97 Å². The SMILES string of the molecule is C=C(C)C(=O)Oc1c(C)c(F)c(F)c(F)c1F. The van der Waals surface area contributed by atoms with Gasteiger partial charge in [0.1, 0.15) is 0 Å². The Labute approximate surface area is 94.5 Å². The predicted octanol–water partition coefficient (Wildman–Crippen LogP) is 3.03. The number of esters is 1. The third-order valence-corrected chi connectivity index (χ3v) is 1.99. The van der Waals surface area contributed by atoms with Crippen molar-refractivity contribution in [3.05, 3.63) is 41.0 Å². The van der Waals surface area contributed by atoms with Gasteiger partial charge in [-0.3, -0.25) is 0 Å². The highest BCUT2D eigenvalue weighted by molar-refractivity contribution is 5.89. The third kappa shape index (κ3) is 2.30. The summed E-state index contributed by atoms with van der Waals surface area (Å²) in [4.78, 5) is 11.1. The van der Waals surface area contributed by atoms with E-state index in [4.69, 9.17) is 0 Å². The summed E-state index contributed by atoms with van der Waals surface area (Å²) in [7, 11) is 0. The quantitative estimate of drug-likeness (QED) is 0.201. The van der Waals surface area contributed by atoms with Gasteiger partial charge in [0.05, 0.1) is 0 Å². The van der Waals surface area contributed by atoms with Crippen LogP contribution in [0, 0.1) is 30.2 Å². The van der Waals surface area contributed by atoms with Gasteiger partial charge in [-0.25, -0.2) is 18.0 Å². The fourth-order valence-corrected chi connectivity index (χ4v) is 1.02. The van der Waals surface area contributed by atoms with Crippen LogP contribution in [0.25, 0.3) is 0 Å². The molecule has 0 saturated heterocycles. The molecule has 1 rings (SSSR count). The first-order valence-corrected chi connectivity index (χ1v) is 4.47. The zero-order valence-electron chi connectivity index (χ0n) is 9.04. The van der Waals surface area contributed by atoms with Crippen LogP contribution in [0.4, 0.5) is 17.6 Å². The first-order valence-electron chi connectivity index (χ1n) is 4.47. The van der Waals surface area contributed by atoms with Crippen molar-refractivity contribution in [2.75, 3.05) is 0 Å². The molecule has 0 aliphatic heterocycles. The maximum Gasteiger partial charge on any atom is 0.338 e. The van der Waals surface area contributed by atoms with Crippen molar-refractivity contribution in [2.45, 2.75) is 13.8 Å². The van der Waals surface area contributed by atoms with E-state index < -0.39 is 40.6 Å². The van der Waals surface area contributed by atoms with Gasteiger partial charge in [-0.2, -0.15) is 4.39 Å². The second kappa shape index (κ2) is 4.57. The van der Waals surface area contributed by atoms with Crippen molar-refractivity contribution in [2.24, 2.45) is 0 Å². The lowest BCUT2D eigenvalue weighted by Gasteiger charge is -2.10. The molecule has 17 heavy (non-hydrogen) atoms. The van der Waals surface area contributed by atoms with E-state index in [1.54, 1.807) is 0 Å². The second-order valence-corrected chi connectivity index (χ2v) is 3.38. The molecule has 0 bridgehead atoms. The molecule has 0 radical (unpaired) electrons. The summed E-state index contributed by atoms with van der Waals surface area (Å²) in [5.74, 6) is -9.37. The number of rotatable bonds is 2. The maximum atomic E-state index is 13.2. The lowest BCUT2D eigenvalue weighted by molar-refractivity contribution is -0.130. The number of hydrogen-bond donors (Lipinski definition) is 0. The molecule has 0 fully saturated rings. The highest BCUT2D eigenvalue weighted by Crippen LogP contribution is 2.30. The van der Waals surface area contributed by atoms with Crippen LogP contribution < -0.4 is 4.74 Å². The Morgan fingerprint density at radius 3 is 2.00 bits per heavy atom. The minimum Gasteiger partial charge on any atom is -0.420 e. The number of hydrogen-bond acceptors (Lipinski definition) is 2. The summed E-state index contributed by atoms with van der Waals surface area (Å²) in [6, 6.07) is 0. The molecule has 1 aromatic rings. The summed E-state index contributed by atoms with van der Waals surface area (Å²) >= 11 is 0. The molecule has 0 aliphatic rings. The topological polar surface area (TPSA) is 26.3 Å². The van der Waals surface area contributed by atoms with E-state index in [0.29, 0.717) is 0 Å². The van der Waals surface area contributed by atoms with E-state index in [0.717, 1.165) is 6.92 Å². The van der Waals surface area contributed by atoms with E-state index >= 15 is 0 Å². The minimum absolute atomic E-state index is 0.0889. The smallest absolute Gasteiger partial charge is 0.338 e. The number of ether oxygens (including phenoxy) is 1. The zero-order valence-corrected chi connectivity index (χ0v) is 9.04. The average Bonchev–Trinajstić information content (AvgIpc) is 2.29. The Morgan fingerprint density at radius 1 is 1.06 bits per heavy atom. The highest BCUT2D eigenvalue weighted by Gasteiger charge is 2.25. The monoisotopic (exact) mass is 248 g/mol. The Hall–Kier alpha value is -1.85. The zero-order chi connectivity index (χ0) is 13.3. The molecular formula is C11H8F4O2. The fourth-order valence-electron chi connectivity index (χ4n) is 1.02. The van der Waals surface area contributed by atoms with Gasteiger partial charge in [-0.05, 0) is 13.8 Å². The van der Waals surface area contributed by atoms with Crippen LogP contribution in [0.5, 0.6) is 5.75 Å². The minimum atomic E-state index is -2.03. The van der Waals surface area contributed by atoms with Gasteiger partial charge < -0.3 is 4.74 Å². The number of carbonyl (C=O) groups is 1. The number of carbonyl (C=O) groups excluding carboxylic acids is 1. The molecule has 92 valence electrons. The van der Waals surface area contributed by atoms with Crippen LogP contribution in [0.2, 0.25) is 0 Å². The van der Waals surface area contributed by atoms with Crippen molar-refractivity contribution in [1.29, 1.82) is 0 Å². The van der Waals surface area contributed by atoms with E-state index in [-0.39, 0.29) is 5.57 Å². The standard InChI is InChI=1S/C11H8F4O2/c1-4(2)11(16)17-10-5(3)6(12)7(13)8(14)9(10)15/h1H2,2-3H3. The summed E-state index contributed by atoms with van der Waals surface area (Å²) in [5.41, 5.74) is -0.718. The molecule has 1 aromatic carbocycles. The molecule has 0 unspecified atom stereocenters. The Bertz CT molecular complexity index is 480. The molecule has 0 aliphatic carbocycles. The molecule has 0 heterocycles. The molecule has 0 spiro atoms. The van der Waals surface area contributed by atoms with Crippen LogP contribution in [0.15, 0.2) is 12.2 Å². The van der Waals surface area contributed by atoms with Gasteiger partial charge in [0, 0.05) is 11.1 Å². The van der Waals surface area contributed by atoms with E-state index in [9.17, 15) is 22.4 Å². The Balaban J connectivity index is 3.35. The Morgan fingerprint density at radius 2 is 1.53 bits per heavy atom. The molecule has 0 aromatic heterocycles. The number of benzene rings is 1. The maximum absolute atomic E-state index is 13.2. The fraction of sp³-hybridized carbons (Fsp3) is 0.182. The molecule has 0 saturated carbocycles. The van der Waals surface area contributed by atoms with Crippen molar-refractivity contribution in [3.63, 3.8) is 0 Å². The van der Waals surface area contributed by atoms with Gasteiger partial charge in [0.2, 0.25) is 11.6 Å². The molecule has 0 atom stereocenters. The first kappa shape index (κ1) is 13.2. The lowest BCUT2D eigenvalue weighted by atomic mass is 10.2. The van der Waals surface area contributed by atoms with E-state index in [2.05, 4.69) is 11.3 Å². The van der Waals surface area contributed by atoms with Gasteiger partial charge in [-0.15, -0.1) is 0 Å². The van der Waals surface area contributed by atoms with Crippen LogP contribution >= 0.6 is 0 Å². The van der Waals surface area contributed by atoms with Gasteiger partial charge in [0.25, 0.3) is 0 Å². The summed E-state index contributed by atoms with van der Waals surface area (Å²) in [5, 5.41) is 0. The third-order valence-electron chi connectivity index (χ3n) is 1.99. The van der Waals surface area contributed by atoms with Crippen molar-refractivity contribution < 1.29 is 27.1 Å². The van der Waals surface area contributed by atoms with Crippen LogP contribution in [0.1, 0.15) is 12.5 Å². The summed E-state index contributed by atoms with van der Waals surface area (Å²) < 4.78 is 56.4. The molecule has 0 N–H and O–H groups in total. The van der Waals surface area contributed by atoms with E-state index in [1.807, 2.05) is 0 Å². The van der Waals surface area contributed by atoms with Crippen LogP contribution in [0.3, 0.4) is 0 Å². The molecule has 6 heteroatoms. The largest absolute Gasteiger partial charge is 0.420 e. The van der Waals surface area contributed by atoms with Crippen molar-refractivity contribution in [3.8, 4) is 5.75 Å². The molecular weight excluding hydrogens is 240 g/mol. The lowest BCUT2D eigenvalue weighted by Crippen LogP contribution is -2.13. The van der Waals surface area contributed by atoms with Crippen LogP contribution in [-0.4, -0.2) is 5.97 Å². The predicted molar refractivity (Wildman–Crippen MR) is 51.5 cm³/mol. The van der Waals surface area contributed by atoms with Crippen molar-refractivity contribution in [1.82, 2.24) is 0 Å². The normalized spacial score (nSPS) is 10.2. The van der Waals surface area contributed by atoms with Gasteiger partial charge in [0.15, 0.2) is 17.4 Å².